The summed E-state index contributed by atoms with van der Waals surface area (Å²) in [6, 6.07) is 16.4. The molecule has 0 saturated heterocycles. The lowest BCUT2D eigenvalue weighted by Crippen LogP contribution is -2.23. The Kier molecular flexibility index (Phi) is 7.13. The average molecular weight is 508 g/mol. The Balaban J connectivity index is 1.87. The number of anilines is 2. The first-order valence-corrected chi connectivity index (χ1v) is 12.9. The summed E-state index contributed by atoms with van der Waals surface area (Å²) in [5.74, 6) is -0.596. The van der Waals surface area contributed by atoms with Crippen LogP contribution in [0.25, 0.3) is 0 Å². The van der Waals surface area contributed by atoms with Crippen LogP contribution in [0, 0.1) is 6.92 Å². The van der Waals surface area contributed by atoms with Crippen molar-refractivity contribution in [2.45, 2.75) is 16.7 Å². The number of carbonyl (C=O) groups excluding carboxylic acids is 1. The Hall–Kier alpha value is -2.92. The molecule has 0 atom stereocenters. The molecule has 0 bridgehead atoms. The molecule has 11 heteroatoms. The third kappa shape index (κ3) is 5.53. The third-order valence-electron chi connectivity index (χ3n) is 4.73. The van der Waals surface area contributed by atoms with E-state index < -0.39 is 26.0 Å². The summed E-state index contributed by atoms with van der Waals surface area (Å²) >= 11 is 6.03. The van der Waals surface area contributed by atoms with E-state index >= 15 is 0 Å². The van der Waals surface area contributed by atoms with Gasteiger partial charge in [-0.2, -0.15) is 0 Å². The second-order valence-corrected chi connectivity index (χ2v) is 11.5. The highest BCUT2D eigenvalue weighted by molar-refractivity contribution is 7.92. The molecule has 2 N–H and O–H groups in total. The van der Waals surface area contributed by atoms with E-state index in [1.165, 1.54) is 50.5 Å². The largest absolute Gasteiger partial charge is 0.322 e. The zero-order chi connectivity index (χ0) is 24.4. The van der Waals surface area contributed by atoms with Crippen LogP contribution in [0.2, 0.25) is 5.02 Å². The summed E-state index contributed by atoms with van der Waals surface area (Å²) in [4.78, 5) is 12.7. The number of carbonyl (C=O) groups is 1. The smallest absolute Gasteiger partial charge is 0.261 e. The number of benzene rings is 3. The first-order valence-electron chi connectivity index (χ1n) is 9.64. The standard InChI is InChI=1S/C22H22ClN3O5S2/c1-15-11-12-17(14-21(15)33(30,31)26(2)3)24-22(27)16-7-6-8-18(13-16)32(28,29)25-20-10-5-4-9-19(20)23/h4-14,25H,1-3H3,(H,24,27). The highest BCUT2D eigenvalue weighted by atomic mass is 35.5. The average Bonchev–Trinajstić information content (AvgIpc) is 2.76. The Bertz CT molecular complexity index is 1420. The molecule has 33 heavy (non-hydrogen) atoms. The summed E-state index contributed by atoms with van der Waals surface area (Å²) < 4.78 is 54.1. The monoisotopic (exact) mass is 507 g/mol. The van der Waals surface area contributed by atoms with Gasteiger partial charge < -0.3 is 5.32 Å². The number of nitrogens with zero attached hydrogens (tertiary/aromatic N) is 1. The number of hydrogen-bond donors (Lipinski definition) is 2. The van der Waals surface area contributed by atoms with Gasteiger partial charge in [-0.05, 0) is 55.0 Å². The van der Waals surface area contributed by atoms with E-state index in [9.17, 15) is 21.6 Å². The van der Waals surface area contributed by atoms with Crippen LogP contribution in [0.4, 0.5) is 11.4 Å². The topological polar surface area (TPSA) is 113 Å². The van der Waals surface area contributed by atoms with Crippen molar-refractivity contribution < 1.29 is 21.6 Å². The minimum Gasteiger partial charge on any atom is -0.322 e. The van der Waals surface area contributed by atoms with Crippen LogP contribution in [0.3, 0.4) is 0 Å². The van der Waals surface area contributed by atoms with E-state index in [1.807, 2.05) is 0 Å². The molecule has 0 heterocycles. The number of para-hydroxylation sites is 1. The number of rotatable bonds is 7. The highest BCUT2D eigenvalue weighted by Crippen LogP contribution is 2.25. The molecule has 8 nitrogen and oxygen atoms in total. The predicted octanol–water partition coefficient (Wildman–Crippen LogP) is 3.95. The van der Waals surface area contributed by atoms with Crippen molar-refractivity contribution in [1.29, 1.82) is 0 Å². The molecule has 0 fully saturated rings. The summed E-state index contributed by atoms with van der Waals surface area (Å²) in [6.45, 7) is 1.66. The van der Waals surface area contributed by atoms with Crippen molar-refractivity contribution in [2.24, 2.45) is 0 Å². The molecule has 0 aliphatic carbocycles. The summed E-state index contributed by atoms with van der Waals surface area (Å²) in [5, 5.41) is 2.85. The lowest BCUT2D eigenvalue weighted by Gasteiger charge is -2.15. The Morgan fingerprint density at radius 2 is 1.61 bits per heavy atom. The zero-order valence-corrected chi connectivity index (χ0v) is 20.4. The van der Waals surface area contributed by atoms with Crippen LogP contribution in [0.15, 0.2) is 76.5 Å². The number of nitrogens with one attached hydrogen (secondary N) is 2. The molecule has 3 rings (SSSR count). The predicted molar refractivity (Wildman–Crippen MR) is 129 cm³/mol. The normalized spacial score (nSPS) is 11.9. The maximum atomic E-state index is 12.8. The van der Waals surface area contributed by atoms with Crippen LogP contribution >= 0.6 is 11.6 Å². The molecule has 3 aromatic rings. The minimum atomic E-state index is -4.01. The fraction of sp³-hybridized carbons (Fsp3) is 0.136. The third-order valence-corrected chi connectivity index (χ3v) is 8.38. The fourth-order valence-electron chi connectivity index (χ4n) is 2.91. The van der Waals surface area contributed by atoms with Crippen molar-refractivity contribution >= 4 is 48.9 Å². The molecular weight excluding hydrogens is 486 g/mol. The summed E-state index contributed by atoms with van der Waals surface area (Å²) in [7, 11) is -4.87. The van der Waals surface area contributed by atoms with E-state index in [0.29, 0.717) is 5.56 Å². The van der Waals surface area contributed by atoms with Gasteiger partial charge in [0.25, 0.3) is 15.9 Å². The number of hydrogen-bond acceptors (Lipinski definition) is 5. The van der Waals surface area contributed by atoms with Crippen molar-refractivity contribution in [2.75, 3.05) is 24.1 Å². The Morgan fingerprint density at radius 3 is 2.27 bits per heavy atom. The van der Waals surface area contributed by atoms with E-state index in [2.05, 4.69) is 10.0 Å². The second kappa shape index (κ2) is 9.52. The second-order valence-electron chi connectivity index (χ2n) is 7.34. The van der Waals surface area contributed by atoms with Crippen molar-refractivity contribution in [1.82, 2.24) is 4.31 Å². The molecule has 1 amide bonds. The molecule has 0 aliphatic heterocycles. The van der Waals surface area contributed by atoms with Gasteiger partial charge >= 0.3 is 0 Å². The molecular formula is C22H22ClN3O5S2. The van der Waals surface area contributed by atoms with Crippen LogP contribution in [-0.2, 0) is 20.0 Å². The number of sulfonamides is 2. The molecule has 0 spiro atoms. The number of aryl methyl sites for hydroxylation is 1. The molecule has 174 valence electrons. The number of halogens is 1. The fourth-order valence-corrected chi connectivity index (χ4v) is 5.42. The van der Waals surface area contributed by atoms with Crippen LogP contribution < -0.4 is 10.0 Å². The quantitative estimate of drug-likeness (QED) is 0.502. The maximum absolute atomic E-state index is 12.8. The van der Waals surface area contributed by atoms with Crippen LogP contribution in [-0.4, -0.2) is 41.1 Å². The van der Waals surface area contributed by atoms with Gasteiger partial charge in [-0.15, -0.1) is 0 Å². The molecule has 0 radical (unpaired) electrons. The van der Waals surface area contributed by atoms with Gasteiger partial charge in [0, 0.05) is 25.3 Å². The van der Waals surface area contributed by atoms with E-state index in [-0.39, 0.29) is 31.8 Å². The first kappa shape index (κ1) is 24.7. The van der Waals surface area contributed by atoms with Gasteiger partial charge in [0.15, 0.2) is 0 Å². The van der Waals surface area contributed by atoms with E-state index in [4.69, 9.17) is 11.6 Å². The van der Waals surface area contributed by atoms with Crippen LogP contribution in [0.1, 0.15) is 15.9 Å². The van der Waals surface area contributed by atoms with Gasteiger partial charge in [0.05, 0.1) is 20.5 Å². The first-order chi connectivity index (χ1) is 15.4. The van der Waals surface area contributed by atoms with Gasteiger partial charge in [0.2, 0.25) is 10.0 Å². The van der Waals surface area contributed by atoms with Gasteiger partial charge in [-0.1, -0.05) is 35.9 Å². The minimum absolute atomic E-state index is 0.0607. The Labute approximate surface area is 198 Å². The summed E-state index contributed by atoms with van der Waals surface area (Å²) in [6.07, 6.45) is 0. The molecule has 0 aromatic heterocycles. The van der Waals surface area contributed by atoms with Gasteiger partial charge in [0.1, 0.15) is 0 Å². The van der Waals surface area contributed by atoms with Gasteiger partial charge in [-0.3, -0.25) is 9.52 Å². The Morgan fingerprint density at radius 1 is 0.909 bits per heavy atom. The van der Waals surface area contributed by atoms with Crippen molar-refractivity contribution in [3.8, 4) is 0 Å². The van der Waals surface area contributed by atoms with Crippen molar-refractivity contribution in [3.63, 3.8) is 0 Å². The highest BCUT2D eigenvalue weighted by Gasteiger charge is 2.21. The van der Waals surface area contributed by atoms with E-state index in [0.717, 1.165) is 4.31 Å². The van der Waals surface area contributed by atoms with E-state index in [1.54, 1.807) is 37.3 Å². The summed E-state index contributed by atoms with van der Waals surface area (Å²) in [5.41, 5.74) is 1.08. The molecule has 3 aromatic carbocycles. The van der Waals surface area contributed by atoms with Crippen LogP contribution in [0.5, 0.6) is 0 Å². The SMILES string of the molecule is Cc1ccc(NC(=O)c2cccc(S(=O)(=O)Nc3ccccc3Cl)c2)cc1S(=O)(=O)N(C)C. The molecule has 0 unspecified atom stereocenters. The molecule has 0 aliphatic rings. The van der Waals surface area contributed by atoms with Crippen molar-refractivity contribution in [3.05, 3.63) is 82.9 Å². The zero-order valence-electron chi connectivity index (χ0n) is 18.0. The number of amides is 1. The molecule has 0 saturated carbocycles. The lowest BCUT2D eigenvalue weighted by atomic mass is 10.2. The maximum Gasteiger partial charge on any atom is 0.261 e. The lowest BCUT2D eigenvalue weighted by molar-refractivity contribution is 0.102. The van der Waals surface area contributed by atoms with Gasteiger partial charge in [-0.25, -0.2) is 21.1 Å².